The maximum absolute atomic E-state index is 5.58. The molecule has 2 nitrogen and oxygen atoms in total. The molecular formula is C12H22O2. The molecule has 0 saturated heterocycles. The normalized spacial score (nSPS) is 10.9. The van der Waals surface area contributed by atoms with Crippen molar-refractivity contribution in [3.63, 3.8) is 0 Å². The molecule has 0 rings (SSSR count). The molecule has 0 aromatic rings. The van der Waals surface area contributed by atoms with Gasteiger partial charge in [0.25, 0.3) is 0 Å². The summed E-state index contributed by atoms with van der Waals surface area (Å²) in [7, 11) is 0. The van der Waals surface area contributed by atoms with Crippen molar-refractivity contribution in [2.75, 3.05) is 0 Å². The van der Waals surface area contributed by atoms with Crippen LogP contribution in [0.3, 0.4) is 0 Å². The quantitative estimate of drug-likeness (QED) is 0.499. The Balaban J connectivity index is 3.96. The van der Waals surface area contributed by atoms with Gasteiger partial charge in [0, 0.05) is 6.42 Å². The van der Waals surface area contributed by atoms with Gasteiger partial charge in [-0.25, -0.2) is 0 Å². The molecule has 0 N–H and O–H groups in total. The Bertz CT molecular complexity index is 176. The van der Waals surface area contributed by atoms with E-state index in [1.165, 1.54) is 0 Å². The van der Waals surface area contributed by atoms with E-state index in [1.807, 2.05) is 34.6 Å². The smallest absolute Gasteiger partial charge is 0.169 e. The molecule has 14 heavy (non-hydrogen) atoms. The first-order valence-electron chi connectivity index (χ1n) is 5.32. The molecule has 0 atom stereocenters. The van der Waals surface area contributed by atoms with Gasteiger partial charge in [0.2, 0.25) is 0 Å². The molecule has 0 aromatic carbocycles. The van der Waals surface area contributed by atoms with Crippen LogP contribution in [0.2, 0.25) is 0 Å². The minimum Gasteiger partial charge on any atom is -0.349 e. The third-order valence-electron chi connectivity index (χ3n) is 1.42. The minimum atomic E-state index is -0.186. The summed E-state index contributed by atoms with van der Waals surface area (Å²) in [6.45, 7) is 10.1. The van der Waals surface area contributed by atoms with Gasteiger partial charge in [-0.2, -0.15) is 0 Å². The predicted octanol–water partition coefficient (Wildman–Crippen LogP) is 2.97. The highest BCUT2D eigenvalue weighted by Gasteiger charge is 2.11. The van der Waals surface area contributed by atoms with Gasteiger partial charge in [-0.1, -0.05) is 12.8 Å². The zero-order chi connectivity index (χ0) is 11.0. The van der Waals surface area contributed by atoms with Crippen LogP contribution < -0.4 is 0 Å². The second-order valence-electron chi connectivity index (χ2n) is 3.71. The summed E-state index contributed by atoms with van der Waals surface area (Å²) < 4.78 is 11.2. The molecule has 0 amide bonds. The monoisotopic (exact) mass is 198 g/mol. The summed E-state index contributed by atoms with van der Waals surface area (Å²) in [4.78, 5) is 0. The fourth-order valence-electron chi connectivity index (χ4n) is 1.02. The molecule has 0 heterocycles. The van der Waals surface area contributed by atoms with Gasteiger partial charge < -0.3 is 9.47 Å². The van der Waals surface area contributed by atoms with Crippen LogP contribution in [-0.2, 0) is 9.47 Å². The summed E-state index contributed by atoms with van der Waals surface area (Å²) in [6.07, 6.45) is 1.72. The lowest BCUT2D eigenvalue weighted by Crippen LogP contribution is -2.24. The van der Waals surface area contributed by atoms with Crippen molar-refractivity contribution < 1.29 is 9.47 Å². The van der Waals surface area contributed by atoms with E-state index in [0.29, 0.717) is 6.42 Å². The Morgan fingerprint density at radius 1 is 0.929 bits per heavy atom. The predicted molar refractivity (Wildman–Crippen MR) is 58.9 cm³/mol. The molecule has 2 heteroatoms. The highest BCUT2D eigenvalue weighted by atomic mass is 16.7. The van der Waals surface area contributed by atoms with Gasteiger partial charge in [0.15, 0.2) is 6.29 Å². The van der Waals surface area contributed by atoms with Crippen molar-refractivity contribution in [3.05, 3.63) is 0 Å². The molecule has 0 aliphatic carbocycles. The molecule has 0 aromatic heterocycles. The highest BCUT2D eigenvalue weighted by molar-refractivity contribution is 4.98. The van der Waals surface area contributed by atoms with E-state index in [2.05, 4.69) is 11.8 Å². The van der Waals surface area contributed by atoms with Crippen molar-refractivity contribution in [2.24, 2.45) is 0 Å². The molecular weight excluding hydrogens is 176 g/mol. The Hall–Kier alpha value is -0.520. The van der Waals surface area contributed by atoms with Gasteiger partial charge in [-0.15, -0.1) is 5.92 Å². The summed E-state index contributed by atoms with van der Waals surface area (Å²) in [6, 6.07) is 0. The van der Waals surface area contributed by atoms with Crippen molar-refractivity contribution in [3.8, 4) is 11.8 Å². The van der Waals surface area contributed by atoms with Gasteiger partial charge in [-0.05, 0) is 27.7 Å². The summed E-state index contributed by atoms with van der Waals surface area (Å²) in [5, 5.41) is 0. The van der Waals surface area contributed by atoms with Crippen LogP contribution in [0.25, 0.3) is 0 Å². The molecule has 0 unspecified atom stereocenters. The lowest BCUT2D eigenvalue weighted by Gasteiger charge is -2.21. The first kappa shape index (κ1) is 13.5. The fraction of sp³-hybridized carbons (Fsp3) is 0.833. The molecule has 0 aliphatic heterocycles. The number of ether oxygens (including phenoxy) is 2. The molecule has 0 radical (unpaired) electrons. The van der Waals surface area contributed by atoms with E-state index >= 15 is 0 Å². The van der Waals surface area contributed by atoms with E-state index in [0.717, 1.165) is 6.42 Å². The number of hydrogen-bond acceptors (Lipinski definition) is 2. The van der Waals surface area contributed by atoms with Crippen molar-refractivity contribution in [2.45, 2.75) is 66.0 Å². The third kappa shape index (κ3) is 8.10. The molecule has 0 bridgehead atoms. The zero-order valence-corrected chi connectivity index (χ0v) is 9.96. The van der Waals surface area contributed by atoms with Crippen molar-refractivity contribution in [1.82, 2.24) is 0 Å². The van der Waals surface area contributed by atoms with Gasteiger partial charge in [0.05, 0.1) is 18.6 Å². The third-order valence-corrected chi connectivity index (χ3v) is 1.42. The lowest BCUT2D eigenvalue weighted by atomic mass is 10.3. The Kier molecular flexibility index (Phi) is 7.55. The second-order valence-corrected chi connectivity index (χ2v) is 3.71. The SMILES string of the molecule is CCC#CCC(OC(C)C)OC(C)C. The van der Waals surface area contributed by atoms with Gasteiger partial charge in [0.1, 0.15) is 0 Å². The van der Waals surface area contributed by atoms with E-state index in [-0.39, 0.29) is 18.5 Å². The Morgan fingerprint density at radius 2 is 1.43 bits per heavy atom. The topological polar surface area (TPSA) is 18.5 Å². The maximum Gasteiger partial charge on any atom is 0.169 e. The van der Waals surface area contributed by atoms with Crippen LogP contribution in [0.15, 0.2) is 0 Å². The zero-order valence-electron chi connectivity index (χ0n) is 9.96. The van der Waals surface area contributed by atoms with Crippen LogP contribution in [-0.4, -0.2) is 18.5 Å². The van der Waals surface area contributed by atoms with Crippen LogP contribution >= 0.6 is 0 Å². The Labute approximate surface area is 88.0 Å². The molecule has 0 spiro atoms. The number of hydrogen-bond donors (Lipinski definition) is 0. The summed E-state index contributed by atoms with van der Waals surface area (Å²) in [5.74, 6) is 6.06. The van der Waals surface area contributed by atoms with Crippen LogP contribution in [0, 0.1) is 11.8 Å². The van der Waals surface area contributed by atoms with Crippen LogP contribution in [0.5, 0.6) is 0 Å². The molecule has 0 fully saturated rings. The maximum atomic E-state index is 5.58. The summed E-state index contributed by atoms with van der Waals surface area (Å²) >= 11 is 0. The molecule has 0 aliphatic rings. The highest BCUT2D eigenvalue weighted by Crippen LogP contribution is 2.07. The van der Waals surface area contributed by atoms with E-state index in [4.69, 9.17) is 9.47 Å². The van der Waals surface area contributed by atoms with Crippen molar-refractivity contribution in [1.29, 1.82) is 0 Å². The lowest BCUT2D eigenvalue weighted by molar-refractivity contribution is -0.177. The van der Waals surface area contributed by atoms with Gasteiger partial charge >= 0.3 is 0 Å². The van der Waals surface area contributed by atoms with Crippen LogP contribution in [0.4, 0.5) is 0 Å². The van der Waals surface area contributed by atoms with Crippen molar-refractivity contribution >= 4 is 0 Å². The largest absolute Gasteiger partial charge is 0.349 e. The molecule has 0 saturated carbocycles. The minimum absolute atomic E-state index is 0.183. The molecule has 82 valence electrons. The standard InChI is InChI=1S/C12H22O2/c1-6-7-8-9-12(13-10(2)3)14-11(4)5/h10-12H,6,9H2,1-5H3. The summed E-state index contributed by atoms with van der Waals surface area (Å²) in [5.41, 5.74) is 0. The van der Waals surface area contributed by atoms with E-state index in [1.54, 1.807) is 0 Å². The average molecular weight is 198 g/mol. The van der Waals surface area contributed by atoms with E-state index in [9.17, 15) is 0 Å². The van der Waals surface area contributed by atoms with Crippen LogP contribution in [0.1, 0.15) is 47.5 Å². The first-order valence-corrected chi connectivity index (χ1v) is 5.32. The first-order chi connectivity index (χ1) is 6.56. The van der Waals surface area contributed by atoms with E-state index < -0.39 is 0 Å². The van der Waals surface area contributed by atoms with Gasteiger partial charge in [-0.3, -0.25) is 0 Å². The second kappa shape index (κ2) is 7.84. The number of rotatable bonds is 5. The average Bonchev–Trinajstić information content (AvgIpc) is 2.02. The Morgan fingerprint density at radius 3 is 1.79 bits per heavy atom. The fourth-order valence-corrected chi connectivity index (χ4v) is 1.02.